The van der Waals surface area contributed by atoms with E-state index in [9.17, 15) is 9.18 Å². The molecule has 2 nitrogen and oxygen atoms in total. The van der Waals surface area contributed by atoms with Crippen LogP contribution in [0.1, 0.15) is 38.2 Å². The van der Waals surface area contributed by atoms with Gasteiger partial charge in [-0.1, -0.05) is 19.1 Å². The Morgan fingerprint density at radius 1 is 1.35 bits per heavy atom. The fraction of sp³-hybridized carbons (Fsp3) is 0.562. The number of rotatable bonds is 5. The van der Waals surface area contributed by atoms with Crippen LogP contribution in [-0.4, -0.2) is 17.7 Å². The molecule has 0 heterocycles. The third kappa shape index (κ3) is 5.16. The van der Waals surface area contributed by atoms with E-state index >= 15 is 0 Å². The number of amides is 1. The highest BCUT2D eigenvalue weighted by Crippen LogP contribution is 2.23. The number of nitrogens with one attached hydrogen (secondary N) is 1. The highest BCUT2D eigenvalue weighted by molar-refractivity contribution is 7.99. The van der Waals surface area contributed by atoms with Gasteiger partial charge in [0.25, 0.3) is 0 Å². The van der Waals surface area contributed by atoms with Crippen LogP contribution in [0.2, 0.25) is 0 Å². The van der Waals surface area contributed by atoms with Gasteiger partial charge in [-0.25, -0.2) is 4.39 Å². The van der Waals surface area contributed by atoms with E-state index in [4.69, 9.17) is 0 Å². The average Bonchev–Trinajstić information content (AvgIpc) is 2.41. The smallest absolute Gasteiger partial charge is 0.230 e. The number of hydrogen-bond donors (Lipinski definition) is 1. The Balaban J connectivity index is 1.65. The van der Waals surface area contributed by atoms with Gasteiger partial charge in [0.05, 0.1) is 5.75 Å². The molecule has 2 rings (SSSR count). The Morgan fingerprint density at radius 2 is 2.10 bits per heavy atom. The minimum Gasteiger partial charge on any atom is -0.353 e. The van der Waals surface area contributed by atoms with Crippen LogP contribution in [0.5, 0.6) is 0 Å². The van der Waals surface area contributed by atoms with Crippen molar-refractivity contribution in [2.24, 2.45) is 5.92 Å². The monoisotopic (exact) mass is 295 g/mol. The van der Waals surface area contributed by atoms with Crippen LogP contribution in [0.15, 0.2) is 24.3 Å². The summed E-state index contributed by atoms with van der Waals surface area (Å²) in [6.07, 6.45) is 4.62. The molecule has 0 radical (unpaired) electrons. The molecule has 1 saturated carbocycles. The fourth-order valence-corrected chi connectivity index (χ4v) is 3.35. The van der Waals surface area contributed by atoms with E-state index in [1.807, 2.05) is 6.07 Å². The third-order valence-corrected chi connectivity index (χ3v) is 4.78. The molecule has 0 aliphatic heterocycles. The molecule has 0 aromatic heterocycles. The van der Waals surface area contributed by atoms with Crippen molar-refractivity contribution in [2.75, 3.05) is 5.75 Å². The summed E-state index contributed by atoms with van der Waals surface area (Å²) >= 11 is 1.53. The normalized spacial score (nSPS) is 22.5. The van der Waals surface area contributed by atoms with Gasteiger partial charge in [-0.3, -0.25) is 4.79 Å². The van der Waals surface area contributed by atoms with Gasteiger partial charge in [0.15, 0.2) is 0 Å². The first kappa shape index (κ1) is 15.4. The average molecular weight is 295 g/mol. The van der Waals surface area contributed by atoms with E-state index in [-0.39, 0.29) is 11.7 Å². The molecule has 20 heavy (non-hydrogen) atoms. The predicted molar refractivity (Wildman–Crippen MR) is 82.1 cm³/mol. The van der Waals surface area contributed by atoms with Crippen molar-refractivity contribution >= 4 is 17.7 Å². The van der Waals surface area contributed by atoms with Gasteiger partial charge in [-0.05, 0) is 49.3 Å². The summed E-state index contributed by atoms with van der Waals surface area (Å²) in [4.78, 5) is 11.8. The van der Waals surface area contributed by atoms with Gasteiger partial charge in [-0.15, -0.1) is 11.8 Å². The Morgan fingerprint density at radius 3 is 2.80 bits per heavy atom. The fourth-order valence-electron chi connectivity index (χ4n) is 2.56. The molecule has 110 valence electrons. The lowest BCUT2D eigenvalue weighted by atomic mass is 9.87. The first-order valence-electron chi connectivity index (χ1n) is 7.25. The van der Waals surface area contributed by atoms with Gasteiger partial charge in [0.2, 0.25) is 5.91 Å². The molecule has 0 saturated heterocycles. The molecule has 0 unspecified atom stereocenters. The maximum Gasteiger partial charge on any atom is 0.230 e. The molecular formula is C16H22FNOS. The number of hydrogen-bond acceptors (Lipinski definition) is 2. The van der Waals surface area contributed by atoms with E-state index < -0.39 is 0 Å². The summed E-state index contributed by atoms with van der Waals surface area (Å²) in [6.45, 7) is 2.27. The maximum atomic E-state index is 13.0. The molecule has 1 fully saturated rings. The van der Waals surface area contributed by atoms with Crippen LogP contribution >= 0.6 is 11.8 Å². The highest BCUT2D eigenvalue weighted by atomic mass is 32.2. The van der Waals surface area contributed by atoms with Crippen molar-refractivity contribution in [3.8, 4) is 0 Å². The minimum absolute atomic E-state index is 0.103. The Kier molecular flexibility index (Phi) is 5.89. The predicted octanol–water partition coefficient (Wildman–Crippen LogP) is 3.75. The van der Waals surface area contributed by atoms with Crippen LogP contribution < -0.4 is 5.32 Å². The molecule has 1 aromatic rings. The zero-order valence-electron chi connectivity index (χ0n) is 11.9. The molecule has 0 bridgehead atoms. The molecule has 4 heteroatoms. The van der Waals surface area contributed by atoms with E-state index in [2.05, 4.69) is 12.2 Å². The quantitative estimate of drug-likeness (QED) is 0.896. The second-order valence-electron chi connectivity index (χ2n) is 5.65. The summed E-state index contributed by atoms with van der Waals surface area (Å²) in [6, 6.07) is 6.90. The maximum absolute atomic E-state index is 13.0. The van der Waals surface area contributed by atoms with Crippen LogP contribution in [0.3, 0.4) is 0 Å². The zero-order chi connectivity index (χ0) is 14.4. The van der Waals surface area contributed by atoms with Crippen molar-refractivity contribution < 1.29 is 9.18 Å². The molecule has 1 aliphatic carbocycles. The second-order valence-corrected chi connectivity index (χ2v) is 6.63. The zero-order valence-corrected chi connectivity index (χ0v) is 12.7. The lowest BCUT2D eigenvalue weighted by molar-refractivity contribution is -0.119. The SMILES string of the molecule is CC1CCC(NC(=O)CSCc2cccc(F)c2)CC1. The van der Waals surface area contributed by atoms with Crippen LogP contribution in [0, 0.1) is 11.7 Å². The number of carbonyl (C=O) groups is 1. The summed E-state index contributed by atoms with van der Waals surface area (Å²) in [5.74, 6) is 1.80. The van der Waals surface area contributed by atoms with E-state index in [1.54, 1.807) is 6.07 Å². The molecular weight excluding hydrogens is 273 g/mol. The van der Waals surface area contributed by atoms with Gasteiger partial charge in [-0.2, -0.15) is 0 Å². The van der Waals surface area contributed by atoms with Crippen LogP contribution in [-0.2, 0) is 10.5 Å². The van der Waals surface area contributed by atoms with Crippen molar-refractivity contribution in [3.63, 3.8) is 0 Å². The number of thioether (sulfide) groups is 1. The van der Waals surface area contributed by atoms with Crippen LogP contribution in [0.25, 0.3) is 0 Å². The molecule has 1 aliphatic rings. The standard InChI is InChI=1S/C16H22FNOS/c1-12-5-7-15(8-6-12)18-16(19)11-20-10-13-3-2-4-14(17)9-13/h2-4,9,12,15H,5-8,10-11H2,1H3,(H,18,19). The van der Waals surface area contributed by atoms with Crippen molar-refractivity contribution in [1.29, 1.82) is 0 Å². The lowest BCUT2D eigenvalue weighted by Crippen LogP contribution is -2.38. The van der Waals surface area contributed by atoms with Crippen molar-refractivity contribution in [3.05, 3.63) is 35.6 Å². The topological polar surface area (TPSA) is 29.1 Å². The first-order valence-corrected chi connectivity index (χ1v) is 8.40. The molecule has 1 amide bonds. The Labute approximate surface area is 124 Å². The molecule has 0 spiro atoms. The Hall–Kier alpha value is -1.03. The molecule has 1 N–H and O–H groups in total. The van der Waals surface area contributed by atoms with E-state index in [1.165, 1.54) is 36.7 Å². The summed E-state index contributed by atoms with van der Waals surface area (Å²) in [7, 11) is 0. The Bertz CT molecular complexity index is 444. The molecule has 1 aromatic carbocycles. The summed E-state index contributed by atoms with van der Waals surface area (Å²) in [5, 5.41) is 3.10. The third-order valence-electron chi connectivity index (χ3n) is 3.77. The van der Waals surface area contributed by atoms with Gasteiger partial charge in [0, 0.05) is 11.8 Å². The van der Waals surface area contributed by atoms with Gasteiger partial charge >= 0.3 is 0 Å². The van der Waals surface area contributed by atoms with Gasteiger partial charge in [0.1, 0.15) is 5.82 Å². The van der Waals surface area contributed by atoms with Crippen molar-refractivity contribution in [2.45, 2.75) is 44.4 Å². The summed E-state index contributed by atoms with van der Waals surface area (Å²) < 4.78 is 13.0. The number of carbonyl (C=O) groups excluding carboxylic acids is 1. The molecule has 0 atom stereocenters. The van der Waals surface area contributed by atoms with Gasteiger partial charge < -0.3 is 5.32 Å². The largest absolute Gasteiger partial charge is 0.353 e. The van der Waals surface area contributed by atoms with Crippen molar-refractivity contribution in [1.82, 2.24) is 5.32 Å². The second kappa shape index (κ2) is 7.67. The van der Waals surface area contributed by atoms with E-state index in [0.29, 0.717) is 17.5 Å². The lowest BCUT2D eigenvalue weighted by Gasteiger charge is -2.26. The van der Waals surface area contributed by atoms with E-state index in [0.717, 1.165) is 24.3 Å². The summed E-state index contributed by atoms with van der Waals surface area (Å²) in [5.41, 5.74) is 0.925. The minimum atomic E-state index is -0.219. The number of halogens is 1. The number of benzene rings is 1. The first-order chi connectivity index (χ1) is 9.63. The highest BCUT2D eigenvalue weighted by Gasteiger charge is 2.19. The van der Waals surface area contributed by atoms with Crippen LogP contribution in [0.4, 0.5) is 4.39 Å².